The highest BCUT2D eigenvalue weighted by atomic mass is 32.2. The van der Waals surface area contributed by atoms with Crippen LogP contribution in [0.1, 0.15) is 28.9 Å². The van der Waals surface area contributed by atoms with Crippen LogP contribution < -0.4 is 10.6 Å². The first-order valence-corrected chi connectivity index (χ1v) is 10.7. The number of carbonyl (C=O) groups excluding carboxylic acids is 1. The van der Waals surface area contributed by atoms with Gasteiger partial charge in [0.15, 0.2) is 11.1 Å². The van der Waals surface area contributed by atoms with Crippen molar-refractivity contribution >= 4 is 34.5 Å². The molecule has 0 amide bonds. The topological polar surface area (TPSA) is 134 Å². The maximum Gasteiger partial charge on any atom is 0.343 e. The molecule has 0 aliphatic rings. The summed E-state index contributed by atoms with van der Waals surface area (Å²) in [6.07, 6.45) is 1.23. The van der Waals surface area contributed by atoms with E-state index in [0.717, 1.165) is 11.6 Å². The lowest BCUT2D eigenvalue weighted by Crippen LogP contribution is -2.19. The van der Waals surface area contributed by atoms with E-state index >= 15 is 0 Å². The van der Waals surface area contributed by atoms with E-state index in [1.54, 1.807) is 19.1 Å². The molecule has 0 bridgehead atoms. The monoisotopic (exact) mass is 460 g/mol. The summed E-state index contributed by atoms with van der Waals surface area (Å²) in [5, 5.41) is 15.5. The fraction of sp³-hybridized carbons (Fsp3) is 0.190. The van der Waals surface area contributed by atoms with Crippen LogP contribution >= 0.6 is 0 Å². The van der Waals surface area contributed by atoms with Gasteiger partial charge in [0.2, 0.25) is 5.95 Å². The van der Waals surface area contributed by atoms with E-state index in [4.69, 9.17) is 9.29 Å². The molecule has 0 fully saturated rings. The van der Waals surface area contributed by atoms with Crippen molar-refractivity contribution in [2.75, 3.05) is 23.8 Å². The maximum atomic E-state index is 14.3. The van der Waals surface area contributed by atoms with Crippen molar-refractivity contribution in [2.45, 2.75) is 17.9 Å². The highest BCUT2D eigenvalue weighted by Crippen LogP contribution is 2.25. The van der Waals surface area contributed by atoms with Crippen LogP contribution in [0.5, 0.6) is 0 Å². The molecular weight excluding hydrogens is 439 g/mol. The SMILES string of the molecule is CCOC(=O)c1cnc(Nc2ccc(S(=O)O)cc2F)nc1N[C@H](CO)c1ccccc1. The second-order valence-corrected chi connectivity index (χ2v) is 7.45. The Labute approximate surface area is 186 Å². The van der Waals surface area contributed by atoms with Gasteiger partial charge in [-0.2, -0.15) is 4.98 Å². The molecule has 4 N–H and O–H groups in total. The maximum absolute atomic E-state index is 14.3. The molecule has 1 unspecified atom stereocenters. The van der Waals surface area contributed by atoms with Gasteiger partial charge in [-0.25, -0.2) is 18.4 Å². The largest absolute Gasteiger partial charge is 0.462 e. The standard InChI is InChI=1S/C21H21FN4O5S/c1-2-31-20(28)15-11-23-21(25-17-9-8-14(32(29)30)10-16(17)22)26-19(15)24-18(12-27)13-6-4-3-5-7-13/h3-11,18,27H,2,12H2,1H3,(H,29,30)(H2,23,24,25,26)/t18-/m1/s1. The molecule has 168 valence electrons. The lowest BCUT2D eigenvalue weighted by molar-refractivity contribution is 0.0526. The predicted molar refractivity (Wildman–Crippen MR) is 117 cm³/mol. The zero-order chi connectivity index (χ0) is 23.1. The molecule has 3 rings (SSSR count). The zero-order valence-corrected chi connectivity index (χ0v) is 17.8. The van der Waals surface area contributed by atoms with E-state index in [-0.39, 0.29) is 41.1 Å². The highest BCUT2D eigenvalue weighted by molar-refractivity contribution is 7.79. The van der Waals surface area contributed by atoms with Crippen LogP contribution in [-0.4, -0.2) is 43.0 Å². The van der Waals surface area contributed by atoms with E-state index < -0.39 is 28.9 Å². The van der Waals surface area contributed by atoms with Gasteiger partial charge >= 0.3 is 5.97 Å². The average molecular weight is 460 g/mol. The van der Waals surface area contributed by atoms with Crippen molar-refractivity contribution in [3.05, 3.63) is 71.7 Å². The summed E-state index contributed by atoms with van der Waals surface area (Å²) in [6.45, 7) is 1.52. The van der Waals surface area contributed by atoms with Crippen LogP contribution in [0, 0.1) is 5.82 Å². The number of nitrogens with zero attached hydrogens (tertiary/aromatic N) is 2. The third-order valence-electron chi connectivity index (χ3n) is 4.37. The summed E-state index contributed by atoms with van der Waals surface area (Å²) >= 11 is -2.32. The summed E-state index contributed by atoms with van der Waals surface area (Å²) in [6, 6.07) is 12.0. The Balaban J connectivity index is 1.94. The third-order valence-corrected chi connectivity index (χ3v) is 5.03. The van der Waals surface area contributed by atoms with E-state index in [0.29, 0.717) is 0 Å². The molecule has 0 spiro atoms. The lowest BCUT2D eigenvalue weighted by atomic mass is 10.1. The number of benzene rings is 2. The Hall–Kier alpha value is -3.41. The van der Waals surface area contributed by atoms with Crippen LogP contribution in [0.4, 0.5) is 21.8 Å². The molecule has 32 heavy (non-hydrogen) atoms. The van der Waals surface area contributed by atoms with E-state index in [1.165, 1.54) is 18.3 Å². The molecule has 2 aromatic carbocycles. The third kappa shape index (κ3) is 5.63. The molecule has 2 atom stereocenters. The van der Waals surface area contributed by atoms with E-state index in [1.807, 2.05) is 18.2 Å². The van der Waals surface area contributed by atoms with Crippen molar-refractivity contribution in [3.63, 3.8) is 0 Å². The van der Waals surface area contributed by atoms with Gasteiger partial charge in [0.25, 0.3) is 0 Å². The summed E-state index contributed by atoms with van der Waals surface area (Å²) < 4.78 is 39.5. The smallest absolute Gasteiger partial charge is 0.343 e. The zero-order valence-electron chi connectivity index (χ0n) is 17.0. The second kappa shape index (κ2) is 10.8. The molecule has 0 aliphatic heterocycles. The van der Waals surface area contributed by atoms with Crippen LogP contribution in [0.3, 0.4) is 0 Å². The minimum absolute atomic E-state index is 0.0317. The summed E-state index contributed by atoms with van der Waals surface area (Å²) in [7, 11) is 0. The Morgan fingerprint density at radius 3 is 2.62 bits per heavy atom. The fourth-order valence-corrected chi connectivity index (χ4v) is 3.21. The van der Waals surface area contributed by atoms with Gasteiger partial charge in [0.05, 0.1) is 29.8 Å². The Kier molecular flexibility index (Phi) is 7.82. The number of aliphatic hydroxyl groups is 1. The molecule has 9 nitrogen and oxygen atoms in total. The molecule has 3 aromatic rings. The Morgan fingerprint density at radius 2 is 2.00 bits per heavy atom. The van der Waals surface area contributed by atoms with Crippen molar-refractivity contribution < 1.29 is 27.8 Å². The number of rotatable bonds is 9. The number of ether oxygens (including phenoxy) is 1. The van der Waals surface area contributed by atoms with E-state index in [9.17, 15) is 18.5 Å². The fourth-order valence-electron chi connectivity index (χ4n) is 2.82. The number of anilines is 3. The van der Waals surface area contributed by atoms with Crippen molar-refractivity contribution in [1.82, 2.24) is 9.97 Å². The number of aromatic nitrogens is 2. The quantitative estimate of drug-likeness (QED) is 0.280. The normalized spacial score (nSPS) is 12.6. The first-order chi connectivity index (χ1) is 15.4. The minimum atomic E-state index is -2.32. The number of nitrogens with one attached hydrogen (secondary N) is 2. The molecule has 1 heterocycles. The van der Waals surface area contributed by atoms with Gasteiger partial charge in [-0.15, -0.1) is 0 Å². The number of hydrogen-bond acceptors (Lipinski definition) is 8. The van der Waals surface area contributed by atoms with Crippen LogP contribution in [0.2, 0.25) is 0 Å². The molecule has 0 radical (unpaired) electrons. The summed E-state index contributed by atoms with van der Waals surface area (Å²) in [5.74, 6) is -1.40. The molecule has 0 saturated carbocycles. The average Bonchev–Trinajstić information content (AvgIpc) is 2.79. The van der Waals surface area contributed by atoms with Crippen molar-refractivity contribution in [2.24, 2.45) is 0 Å². The van der Waals surface area contributed by atoms with Gasteiger partial charge in [0, 0.05) is 6.20 Å². The van der Waals surface area contributed by atoms with Gasteiger partial charge in [-0.3, -0.25) is 0 Å². The molecular formula is C21H21FN4O5S. The van der Waals surface area contributed by atoms with Gasteiger partial charge in [-0.05, 0) is 30.7 Å². The molecule has 0 aliphatic carbocycles. The first kappa shape index (κ1) is 23.3. The number of esters is 1. The Bertz CT molecular complexity index is 1120. The van der Waals surface area contributed by atoms with Gasteiger partial charge in [0.1, 0.15) is 17.2 Å². The second-order valence-electron chi connectivity index (χ2n) is 6.48. The minimum Gasteiger partial charge on any atom is -0.462 e. The molecule has 0 saturated heterocycles. The molecule has 1 aromatic heterocycles. The molecule has 11 heteroatoms. The number of hydrogen-bond donors (Lipinski definition) is 4. The summed E-state index contributed by atoms with van der Waals surface area (Å²) in [4.78, 5) is 20.6. The van der Waals surface area contributed by atoms with Crippen LogP contribution in [0.15, 0.2) is 59.6 Å². The van der Waals surface area contributed by atoms with Crippen LogP contribution in [-0.2, 0) is 15.8 Å². The Morgan fingerprint density at radius 1 is 1.25 bits per heavy atom. The highest BCUT2D eigenvalue weighted by Gasteiger charge is 2.20. The van der Waals surface area contributed by atoms with Gasteiger partial charge < -0.3 is 25.0 Å². The van der Waals surface area contributed by atoms with Crippen molar-refractivity contribution in [3.8, 4) is 0 Å². The first-order valence-electron chi connectivity index (χ1n) is 9.56. The predicted octanol–water partition coefficient (Wildman–Crippen LogP) is 3.26. The van der Waals surface area contributed by atoms with E-state index in [2.05, 4.69) is 20.6 Å². The van der Waals surface area contributed by atoms with Crippen molar-refractivity contribution in [1.29, 1.82) is 0 Å². The summed E-state index contributed by atoms with van der Waals surface area (Å²) in [5.41, 5.74) is 0.769. The number of aliphatic hydroxyl groups excluding tert-OH is 1. The van der Waals surface area contributed by atoms with Crippen LogP contribution in [0.25, 0.3) is 0 Å². The number of halogens is 1. The number of carbonyl (C=O) groups is 1. The van der Waals surface area contributed by atoms with Gasteiger partial charge in [-0.1, -0.05) is 30.3 Å². The lowest BCUT2D eigenvalue weighted by Gasteiger charge is -2.19.